The maximum atomic E-state index is 12.8. The lowest BCUT2D eigenvalue weighted by Gasteiger charge is -2.10. The van der Waals surface area contributed by atoms with Gasteiger partial charge in [0.15, 0.2) is 6.61 Å². The van der Waals surface area contributed by atoms with Crippen molar-refractivity contribution in [2.45, 2.75) is 18.9 Å². The number of ether oxygens (including phenoxy) is 1. The lowest BCUT2D eigenvalue weighted by atomic mass is 10.2. The van der Waals surface area contributed by atoms with Gasteiger partial charge in [0.1, 0.15) is 11.6 Å². The molecule has 7 heteroatoms. The highest BCUT2D eigenvalue weighted by molar-refractivity contribution is 6.34. The quantitative estimate of drug-likeness (QED) is 0.827. The average Bonchev–Trinajstić information content (AvgIpc) is 3.38. The third kappa shape index (κ3) is 4.93. The Labute approximate surface area is 149 Å². The maximum absolute atomic E-state index is 12.8. The van der Waals surface area contributed by atoms with Crippen LogP contribution in [0.3, 0.4) is 0 Å². The van der Waals surface area contributed by atoms with E-state index >= 15 is 0 Å². The molecule has 0 bridgehead atoms. The normalized spacial score (nSPS) is 13.2. The third-order valence-corrected chi connectivity index (χ3v) is 3.91. The molecule has 1 saturated carbocycles. The molecule has 1 aliphatic rings. The summed E-state index contributed by atoms with van der Waals surface area (Å²) >= 11 is 6.12. The van der Waals surface area contributed by atoms with Gasteiger partial charge in [-0.3, -0.25) is 9.59 Å². The summed E-state index contributed by atoms with van der Waals surface area (Å²) in [7, 11) is 0. The van der Waals surface area contributed by atoms with Crippen LogP contribution in [0.5, 0.6) is 5.75 Å². The second-order valence-corrected chi connectivity index (χ2v) is 6.14. The minimum Gasteiger partial charge on any atom is -0.484 e. The van der Waals surface area contributed by atoms with Gasteiger partial charge in [0, 0.05) is 11.7 Å². The first kappa shape index (κ1) is 17.2. The largest absolute Gasteiger partial charge is 0.484 e. The van der Waals surface area contributed by atoms with Gasteiger partial charge < -0.3 is 15.4 Å². The van der Waals surface area contributed by atoms with Crippen molar-refractivity contribution in [3.05, 3.63) is 58.9 Å². The minimum atomic E-state index is -0.393. The van der Waals surface area contributed by atoms with Gasteiger partial charge in [-0.2, -0.15) is 0 Å². The number of carbonyl (C=O) groups is 2. The van der Waals surface area contributed by atoms with Crippen molar-refractivity contribution in [1.82, 2.24) is 5.32 Å². The number of halogens is 2. The van der Waals surface area contributed by atoms with Crippen LogP contribution in [0.2, 0.25) is 5.02 Å². The van der Waals surface area contributed by atoms with Crippen LogP contribution in [0.15, 0.2) is 42.5 Å². The second-order valence-electron chi connectivity index (χ2n) is 5.73. The number of nitrogens with one attached hydrogen (secondary N) is 2. The Hall–Kier alpha value is -2.60. The molecule has 130 valence electrons. The Kier molecular flexibility index (Phi) is 5.19. The molecule has 2 aromatic rings. The zero-order valence-corrected chi connectivity index (χ0v) is 14.0. The fraction of sp³-hybridized carbons (Fsp3) is 0.222. The first-order chi connectivity index (χ1) is 12.0. The fourth-order valence-electron chi connectivity index (χ4n) is 2.14. The molecule has 0 atom stereocenters. The van der Waals surface area contributed by atoms with Crippen LogP contribution in [-0.2, 0) is 4.79 Å². The Bertz CT molecular complexity index is 791. The van der Waals surface area contributed by atoms with Crippen LogP contribution in [0.1, 0.15) is 23.2 Å². The van der Waals surface area contributed by atoms with E-state index in [4.69, 9.17) is 16.3 Å². The van der Waals surface area contributed by atoms with E-state index in [9.17, 15) is 14.0 Å². The summed E-state index contributed by atoms with van der Waals surface area (Å²) in [5.74, 6) is -0.598. The zero-order chi connectivity index (χ0) is 17.8. The number of benzene rings is 2. The van der Waals surface area contributed by atoms with Crippen molar-refractivity contribution in [2.24, 2.45) is 0 Å². The van der Waals surface area contributed by atoms with Gasteiger partial charge in [0.2, 0.25) is 0 Å². The van der Waals surface area contributed by atoms with E-state index in [0.29, 0.717) is 17.0 Å². The Morgan fingerprint density at radius 3 is 2.52 bits per heavy atom. The summed E-state index contributed by atoms with van der Waals surface area (Å²) in [6.07, 6.45) is 1.98. The molecular formula is C18H16ClFN2O3. The molecule has 2 aromatic carbocycles. The lowest BCUT2D eigenvalue weighted by molar-refractivity contribution is -0.118. The van der Waals surface area contributed by atoms with Crippen molar-refractivity contribution in [1.29, 1.82) is 0 Å². The van der Waals surface area contributed by atoms with Crippen LogP contribution >= 0.6 is 11.6 Å². The summed E-state index contributed by atoms with van der Waals surface area (Å²) in [5, 5.41) is 5.75. The van der Waals surface area contributed by atoms with Crippen LogP contribution in [0.25, 0.3) is 0 Å². The summed E-state index contributed by atoms with van der Waals surface area (Å²) in [5.41, 5.74) is 0.829. The van der Waals surface area contributed by atoms with E-state index < -0.39 is 5.91 Å². The molecule has 2 N–H and O–H groups in total. The summed E-state index contributed by atoms with van der Waals surface area (Å²) in [6.45, 7) is -0.229. The maximum Gasteiger partial charge on any atom is 0.262 e. The van der Waals surface area contributed by atoms with E-state index in [1.165, 1.54) is 30.3 Å². The van der Waals surface area contributed by atoms with Crippen LogP contribution in [0.4, 0.5) is 10.1 Å². The molecule has 1 fully saturated rings. The molecule has 3 rings (SSSR count). The second kappa shape index (κ2) is 7.53. The minimum absolute atomic E-state index is 0.218. The molecule has 25 heavy (non-hydrogen) atoms. The summed E-state index contributed by atoms with van der Waals surface area (Å²) in [6, 6.07) is 10.3. The molecule has 0 radical (unpaired) electrons. The molecule has 2 amide bonds. The SMILES string of the molecule is O=C(COc1ccc(F)cc1)Nc1ccc(C(=O)NC2CC2)c(Cl)c1. The average molecular weight is 363 g/mol. The lowest BCUT2D eigenvalue weighted by Crippen LogP contribution is -2.25. The van der Waals surface area contributed by atoms with Gasteiger partial charge in [-0.05, 0) is 55.3 Å². The summed E-state index contributed by atoms with van der Waals surface area (Å²) < 4.78 is 18.1. The van der Waals surface area contributed by atoms with E-state index in [-0.39, 0.29) is 29.4 Å². The third-order valence-electron chi connectivity index (χ3n) is 3.59. The standard InChI is InChI=1S/C18H16ClFN2O3/c19-16-9-13(5-8-15(16)18(24)22-12-3-4-12)21-17(23)10-25-14-6-1-11(20)2-7-14/h1-2,5-9,12H,3-4,10H2,(H,21,23)(H,22,24). The van der Waals surface area contributed by atoms with E-state index in [2.05, 4.69) is 10.6 Å². The van der Waals surface area contributed by atoms with Gasteiger partial charge in [0.05, 0.1) is 10.6 Å². The predicted molar refractivity (Wildman–Crippen MR) is 92.5 cm³/mol. The highest BCUT2D eigenvalue weighted by Gasteiger charge is 2.24. The fourth-order valence-corrected chi connectivity index (χ4v) is 2.41. The topological polar surface area (TPSA) is 67.4 Å². The number of carbonyl (C=O) groups excluding carboxylic acids is 2. The summed E-state index contributed by atoms with van der Waals surface area (Å²) in [4.78, 5) is 23.9. The highest BCUT2D eigenvalue weighted by atomic mass is 35.5. The Morgan fingerprint density at radius 2 is 1.88 bits per heavy atom. The van der Waals surface area contributed by atoms with Crippen molar-refractivity contribution in [3.8, 4) is 5.75 Å². The van der Waals surface area contributed by atoms with Crippen molar-refractivity contribution < 1.29 is 18.7 Å². The smallest absolute Gasteiger partial charge is 0.262 e. The van der Waals surface area contributed by atoms with Crippen molar-refractivity contribution in [3.63, 3.8) is 0 Å². The molecular weight excluding hydrogens is 347 g/mol. The van der Waals surface area contributed by atoms with E-state index in [1.54, 1.807) is 12.1 Å². The van der Waals surface area contributed by atoms with Crippen molar-refractivity contribution >= 4 is 29.1 Å². The van der Waals surface area contributed by atoms with Crippen LogP contribution in [0, 0.1) is 5.82 Å². The van der Waals surface area contributed by atoms with Crippen LogP contribution < -0.4 is 15.4 Å². The number of rotatable bonds is 6. The number of anilines is 1. The molecule has 0 aliphatic heterocycles. The van der Waals surface area contributed by atoms with E-state index in [0.717, 1.165) is 12.8 Å². The van der Waals surface area contributed by atoms with Gasteiger partial charge in [-0.15, -0.1) is 0 Å². The number of amides is 2. The molecule has 5 nitrogen and oxygen atoms in total. The van der Waals surface area contributed by atoms with Gasteiger partial charge in [0.25, 0.3) is 11.8 Å². The molecule has 0 spiro atoms. The first-order valence-electron chi connectivity index (χ1n) is 7.80. The first-order valence-corrected chi connectivity index (χ1v) is 8.18. The molecule has 0 unspecified atom stereocenters. The van der Waals surface area contributed by atoms with Gasteiger partial charge in [-0.1, -0.05) is 11.6 Å². The van der Waals surface area contributed by atoms with Crippen LogP contribution in [-0.4, -0.2) is 24.5 Å². The number of hydrogen-bond donors (Lipinski definition) is 2. The Morgan fingerprint density at radius 1 is 1.16 bits per heavy atom. The van der Waals surface area contributed by atoms with Crippen molar-refractivity contribution in [2.75, 3.05) is 11.9 Å². The van der Waals surface area contributed by atoms with Gasteiger partial charge >= 0.3 is 0 Å². The highest BCUT2D eigenvalue weighted by Crippen LogP contribution is 2.24. The monoisotopic (exact) mass is 362 g/mol. The predicted octanol–water partition coefficient (Wildman–Crippen LogP) is 3.39. The van der Waals surface area contributed by atoms with E-state index in [1.807, 2.05) is 0 Å². The molecule has 0 aromatic heterocycles. The molecule has 1 aliphatic carbocycles. The zero-order valence-electron chi connectivity index (χ0n) is 13.2. The molecule has 0 saturated heterocycles. The Balaban J connectivity index is 1.54. The molecule has 0 heterocycles. The van der Waals surface area contributed by atoms with Gasteiger partial charge in [-0.25, -0.2) is 4.39 Å². The number of hydrogen-bond acceptors (Lipinski definition) is 3.